The van der Waals surface area contributed by atoms with E-state index < -0.39 is 0 Å². The summed E-state index contributed by atoms with van der Waals surface area (Å²) in [6.07, 6.45) is 1.11. The second-order valence-corrected chi connectivity index (χ2v) is 2.31. The Kier molecular flexibility index (Phi) is 3.48. The van der Waals surface area contributed by atoms with Gasteiger partial charge in [0.05, 0.1) is 6.61 Å². The first-order chi connectivity index (χ1) is 6.27. The first-order valence-electron chi connectivity index (χ1n) is 3.74. The fourth-order valence-corrected chi connectivity index (χ4v) is 0.782. The Hall–Kier alpha value is -1.33. The van der Waals surface area contributed by atoms with Crippen molar-refractivity contribution in [1.82, 2.24) is 0 Å². The predicted octanol–water partition coefficient (Wildman–Crippen LogP) is -0.497. The highest BCUT2D eigenvalue weighted by atomic mass is 16.5. The van der Waals surface area contributed by atoms with E-state index in [1.807, 2.05) is 0 Å². The third kappa shape index (κ3) is 2.57. The van der Waals surface area contributed by atoms with Crippen molar-refractivity contribution in [2.45, 2.75) is 6.61 Å². The van der Waals surface area contributed by atoms with Crippen molar-refractivity contribution >= 4 is 0 Å². The maximum absolute atomic E-state index is 11.1. The van der Waals surface area contributed by atoms with Crippen LogP contribution in [0, 0.1) is 0 Å². The molecule has 0 aliphatic heterocycles. The predicted molar refractivity (Wildman–Crippen MR) is 43.5 cm³/mol. The third-order valence-corrected chi connectivity index (χ3v) is 1.36. The van der Waals surface area contributed by atoms with Crippen LogP contribution in [-0.4, -0.2) is 23.4 Å². The van der Waals surface area contributed by atoms with Gasteiger partial charge in [0, 0.05) is 6.07 Å². The molecule has 0 aliphatic carbocycles. The molecule has 1 heterocycles. The average Bonchev–Trinajstić information content (AvgIpc) is 2.16. The number of aliphatic hydroxyl groups excluding tert-OH is 2. The molecule has 2 N–H and O–H groups in total. The van der Waals surface area contributed by atoms with E-state index in [0.29, 0.717) is 0 Å². The second-order valence-electron chi connectivity index (χ2n) is 2.31. The topological polar surface area (TPSA) is 79.9 Å². The lowest BCUT2D eigenvalue weighted by Gasteiger charge is -2.02. The molecular formula is C8H10O5. The standard InChI is InChI=1S/C8H10O5/c9-1-2-12-8-5-13-6(4-10)3-7(8)11/h3,5,9-10H,1-2,4H2. The molecule has 0 atom stereocenters. The molecule has 5 nitrogen and oxygen atoms in total. The normalized spacial score (nSPS) is 10.0. The number of hydrogen-bond acceptors (Lipinski definition) is 5. The highest BCUT2D eigenvalue weighted by Crippen LogP contribution is 2.05. The summed E-state index contributed by atoms with van der Waals surface area (Å²) < 4.78 is 9.68. The van der Waals surface area contributed by atoms with Crippen LogP contribution >= 0.6 is 0 Å². The van der Waals surface area contributed by atoms with E-state index in [-0.39, 0.29) is 36.8 Å². The molecule has 0 aromatic carbocycles. The summed E-state index contributed by atoms with van der Waals surface area (Å²) in [4.78, 5) is 11.1. The van der Waals surface area contributed by atoms with Gasteiger partial charge in [-0.2, -0.15) is 0 Å². The summed E-state index contributed by atoms with van der Waals surface area (Å²) in [6.45, 7) is -0.445. The van der Waals surface area contributed by atoms with Gasteiger partial charge in [-0.05, 0) is 0 Å². The molecule has 5 heteroatoms. The largest absolute Gasteiger partial charge is 0.484 e. The minimum absolute atomic E-state index is 0.0336. The maximum atomic E-state index is 11.1. The van der Waals surface area contributed by atoms with Crippen LogP contribution < -0.4 is 10.2 Å². The van der Waals surface area contributed by atoms with E-state index >= 15 is 0 Å². The Morgan fingerprint density at radius 1 is 1.46 bits per heavy atom. The van der Waals surface area contributed by atoms with Gasteiger partial charge >= 0.3 is 0 Å². The quantitative estimate of drug-likeness (QED) is 0.662. The lowest BCUT2D eigenvalue weighted by molar-refractivity contribution is 0.194. The van der Waals surface area contributed by atoms with E-state index in [1.54, 1.807) is 0 Å². The molecule has 0 unspecified atom stereocenters. The smallest absolute Gasteiger partial charge is 0.227 e. The van der Waals surface area contributed by atoms with Crippen LogP contribution in [0.4, 0.5) is 0 Å². The van der Waals surface area contributed by atoms with Crippen LogP contribution in [0.25, 0.3) is 0 Å². The summed E-state index contributed by atoms with van der Waals surface area (Å²) >= 11 is 0. The lowest BCUT2D eigenvalue weighted by Crippen LogP contribution is -2.10. The zero-order valence-electron chi connectivity index (χ0n) is 6.90. The fraction of sp³-hybridized carbons (Fsp3) is 0.375. The summed E-state index contributed by atoms with van der Waals surface area (Å²) in [7, 11) is 0. The molecule has 1 aromatic heterocycles. The summed E-state index contributed by atoms with van der Waals surface area (Å²) in [6, 6.07) is 1.15. The van der Waals surface area contributed by atoms with Gasteiger partial charge in [-0.25, -0.2) is 0 Å². The van der Waals surface area contributed by atoms with Gasteiger partial charge in [0.15, 0.2) is 0 Å². The minimum Gasteiger partial charge on any atom is -0.484 e. The maximum Gasteiger partial charge on any atom is 0.227 e. The molecule has 0 bridgehead atoms. The van der Waals surface area contributed by atoms with Gasteiger partial charge in [-0.3, -0.25) is 4.79 Å². The first kappa shape index (κ1) is 9.76. The highest BCUT2D eigenvalue weighted by Gasteiger charge is 2.02. The Balaban J connectivity index is 2.80. The molecule has 0 fully saturated rings. The van der Waals surface area contributed by atoms with Crippen LogP contribution in [0.1, 0.15) is 5.76 Å². The second kappa shape index (κ2) is 4.64. The highest BCUT2D eigenvalue weighted by molar-refractivity contribution is 5.17. The molecule has 0 radical (unpaired) electrons. The number of ether oxygens (including phenoxy) is 1. The zero-order chi connectivity index (χ0) is 9.68. The fourth-order valence-electron chi connectivity index (χ4n) is 0.782. The number of rotatable bonds is 4. The molecular weight excluding hydrogens is 176 g/mol. The van der Waals surface area contributed by atoms with Crippen LogP contribution in [0.5, 0.6) is 5.75 Å². The Morgan fingerprint density at radius 3 is 2.77 bits per heavy atom. The molecule has 0 aliphatic rings. The average molecular weight is 186 g/mol. The molecule has 72 valence electrons. The van der Waals surface area contributed by atoms with E-state index in [2.05, 4.69) is 0 Å². The number of aliphatic hydroxyl groups is 2. The Morgan fingerprint density at radius 2 is 2.23 bits per heavy atom. The van der Waals surface area contributed by atoms with Crippen molar-refractivity contribution in [3.05, 3.63) is 28.3 Å². The van der Waals surface area contributed by atoms with Crippen molar-refractivity contribution in [3.63, 3.8) is 0 Å². The van der Waals surface area contributed by atoms with Crippen LogP contribution in [-0.2, 0) is 6.61 Å². The SMILES string of the molecule is O=c1cc(CO)occ1OCCO. The van der Waals surface area contributed by atoms with Crippen molar-refractivity contribution < 1.29 is 19.4 Å². The monoisotopic (exact) mass is 186 g/mol. The van der Waals surface area contributed by atoms with Crippen molar-refractivity contribution in [3.8, 4) is 5.75 Å². The lowest BCUT2D eigenvalue weighted by atomic mass is 10.4. The molecule has 0 spiro atoms. The van der Waals surface area contributed by atoms with Gasteiger partial charge in [0.25, 0.3) is 0 Å². The van der Waals surface area contributed by atoms with Crippen LogP contribution in [0.2, 0.25) is 0 Å². The van der Waals surface area contributed by atoms with E-state index in [1.165, 1.54) is 0 Å². The summed E-state index contributed by atoms with van der Waals surface area (Å²) in [5, 5.41) is 17.0. The van der Waals surface area contributed by atoms with Crippen molar-refractivity contribution in [2.75, 3.05) is 13.2 Å². The Labute approximate surface area is 74.2 Å². The van der Waals surface area contributed by atoms with Gasteiger partial charge in [-0.15, -0.1) is 0 Å². The van der Waals surface area contributed by atoms with E-state index in [0.717, 1.165) is 12.3 Å². The molecule has 1 aromatic rings. The summed E-state index contributed by atoms with van der Waals surface area (Å²) in [5.74, 6) is 0.215. The van der Waals surface area contributed by atoms with Gasteiger partial charge in [0.2, 0.25) is 11.2 Å². The third-order valence-electron chi connectivity index (χ3n) is 1.36. The van der Waals surface area contributed by atoms with Crippen molar-refractivity contribution in [2.24, 2.45) is 0 Å². The first-order valence-corrected chi connectivity index (χ1v) is 3.74. The van der Waals surface area contributed by atoms with E-state index in [4.69, 9.17) is 19.4 Å². The van der Waals surface area contributed by atoms with Crippen LogP contribution in [0.3, 0.4) is 0 Å². The molecule has 1 rings (SSSR count). The van der Waals surface area contributed by atoms with Gasteiger partial charge in [0.1, 0.15) is 25.2 Å². The van der Waals surface area contributed by atoms with Crippen LogP contribution in [0.15, 0.2) is 21.5 Å². The zero-order valence-corrected chi connectivity index (χ0v) is 6.90. The molecule has 13 heavy (non-hydrogen) atoms. The number of hydrogen-bond donors (Lipinski definition) is 2. The van der Waals surface area contributed by atoms with E-state index in [9.17, 15) is 4.79 Å². The van der Waals surface area contributed by atoms with Gasteiger partial charge < -0.3 is 19.4 Å². The minimum atomic E-state index is -0.372. The van der Waals surface area contributed by atoms with Crippen molar-refractivity contribution in [1.29, 1.82) is 0 Å². The molecule has 0 amide bonds. The summed E-state index contributed by atoms with van der Waals surface area (Å²) in [5.41, 5.74) is -0.372. The molecule has 0 saturated heterocycles. The van der Waals surface area contributed by atoms with Gasteiger partial charge in [-0.1, -0.05) is 0 Å². The Bertz CT molecular complexity index is 317. The molecule has 0 saturated carbocycles.